The molecule has 15 heavy (non-hydrogen) atoms. The van der Waals surface area contributed by atoms with Gasteiger partial charge >= 0.3 is 5.97 Å². The second-order valence-corrected chi connectivity index (χ2v) is 3.25. The Hall–Kier alpha value is -0.650. The normalized spacial score (nSPS) is 12.7. The first-order valence-corrected chi connectivity index (χ1v) is 5.05. The number of carboxylic acids is 1. The van der Waals surface area contributed by atoms with E-state index in [-0.39, 0.29) is 5.92 Å². The topological polar surface area (TPSA) is 65.0 Å². The molecule has 90 valence electrons. The van der Waals surface area contributed by atoms with Crippen LogP contribution in [0.1, 0.15) is 13.3 Å². The molecule has 0 radical (unpaired) electrons. The molecule has 0 fully saturated rings. The lowest BCUT2D eigenvalue weighted by molar-refractivity contribution is -0.141. The van der Waals surface area contributed by atoms with E-state index in [1.807, 2.05) is 0 Å². The summed E-state index contributed by atoms with van der Waals surface area (Å²) >= 11 is 0. The number of hydrogen-bond acceptors (Lipinski definition) is 4. The van der Waals surface area contributed by atoms with Gasteiger partial charge in [-0.05, 0) is 6.42 Å². The zero-order valence-electron chi connectivity index (χ0n) is 9.40. The first kappa shape index (κ1) is 14.3. The van der Waals surface area contributed by atoms with Crippen LogP contribution in [-0.2, 0) is 19.0 Å². The minimum Gasteiger partial charge on any atom is -0.481 e. The van der Waals surface area contributed by atoms with E-state index in [1.54, 1.807) is 14.0 Å². The summed E-state index contributed by atoms with van der Waals surface area (Å²) < 4.78 is 15.2. The standard InChI is InChI=1S/C10H20O5/c1-9(10(11)12)3-4-14-7-8-15-6-5-13-2/h9H,3-8H2,1-2H3,(H,11,12). The van der Waals surface area contributed by atoms with Crippen LogP contribution >= 0.6 is 0 Å². The molecule has 0 bridgehead atoms. The molecule has 1 atom stereocenters. The Labute approximate surface area is 90.3 Å². The predicted octanol–water partition coefficient (Wildman–Crippen LogP) is 0.777. The van der Waals surface area contributed by atoms with E-state index in [0.29, 0.717) is 39.5 Å². The highest BCUT2D eigenvalue weighted by molar-refractivity contribution is 5.69. The van der Waals surface area contributed by atoms with E-state index in [2.05, 4.69) is 0 Å². The van der Waals surface area contributed by atoms with Crippen LogP contribution in [0.25, 0.3) is 0 Å². The van der Waals surface area contributed by atoms with Crippen molar-refractivity contribution in [3.05, 3.63) is 0 Å². The monoisotopic (exact) mass is 220 g/mol. The Balaban J connectivity index is 3.08. The fourth-order valence-corrected chi connectivity index (χ4v) is 0.848. The third-order valence-corrected chi connectivity index (χ3v) is 1.92. The number of ether oxygens (including phenoxy) is 3. The molecule has 0 aliphatic rings. The number of hydrogen-bond donors (Lipinski definition) is 1. The average Bonchev–Trinajstić information content (AvgIpc) is 2.21. The van der Waals surface area contributed by atoms with Gasteiger partial charge in [0.15, 0.2) is 0 Å². The fourth-order valence-electron chi connectivity index (χ4n) is 0.848. The molecule has 0 saturated carbocycles. The molecule has 0 aromatic heterocycles. The van der Waals surface area contributed by atoms with Crippen molar-refractivity contribution in [1.29, 1.82) is 0 Å². The van der Waals surface area contributed by atoms with Crippen molar-refractivity contribution >= 4 is 5.97 Å². The van der Waals surface area contributed by atoms with Crippen LogP contribution in [0.4, 0.5) is 0 Å². The lowest BCUT2D eigenvalue weighted by Gasteiger charge is -2.07. The van der Waals surface area contributed by atoms with E-state index < -0.39 is 5.97 Å². The first-order chi connectivity index (χ1) is 7.18. The van der Waals surface area contributed by atoms with Gasteiger partial charge in [0.05, 0.1) is 32.3 Å². The molecular weight excluding hydrogens is 200 g/mol. The zero-order chi connectivity index (χ0) is 11.5. The highest BCUT2D eigenvalue weighted by Crippen LogP contribution is 2.01. The van der Waals surface area contributed by atoms with E-state index in [9.17, 15) is 4.79 Å². The van der Waals surface area contributed by atoms with Crippen LogP contribution in [0.2, 0.25) is 0 Å². The summed E-state index contributed by atoms with van der Waals surface area (Å²) in [6.45, 7) is 4.28. The first-order valence-electron chi connectivity index (χ1n) is 5.05. The molecule has 0 aromatic carbocycles. The summed E-state index contributed by atoms with van der Waals surface area (Å²) in [5, 5.41) is 8.59. The van der Waals surface area contributed by atoms with Crippen molar-refractivity contribution in [3.63, 3.8) is 0 Å². The number of methoxy groups -OCH3 is 1. The lowest BCUT2D eigenvalue weighted by Crippen LogP contribution is -2.14. The summed E-state index contributed by atoms with van der Waals surface area (Å²) in [4.78, 5) is 10.4. The molecule has 5 heteroatoms. The van der Waals surface area contributed by atoms with Crippen molar-refractivity contribution < 1.29 is 24.1 Å². The van der Waals surface area contributed by atoms with Gasteiger partial charge in [-0.25, -0.2) is 0 Å². The highest BCUT2D eigenvalue weighted by atomic mass is 16.5. The second-order valence-electron chi connectivity index (χ2n) is 3.25. The average molecular weight is 220 g/mol. The maximum Gasteiger partial charge on any atom is 0.306 e. The van der Waals surface area contributed by atoms with Gasteiger partial charge in [0.1, 0.15) is 0 Å². The van der Waals surface area contributed by atoms with Crippen molar-refractivity contribution in [3.8, 4) is 0 Å². The molecule has 0 saturated heterocycles. The van der Waals surface area contributed by atoms with Crippen LogP contribution in [0.3, 0.4) is 0 Å². The summed E-state index contributed by atoms with van der Waals surface area (Å²) in [5.41, 5.74) is 0. The van der Waals surface area contributed by atoms with Crippen LogP contribution in [0.5, 0.6) is 0 Å². The van der Waals surface area contributed by atoms with E-state index >= 15 is 0 Å². The number of carboxylic acid groups (broad SMARTS) is 1. The van der Waals surface area contributed by atoms with Gasteiger partial charge in [0, 0.05) is 13.7 Å². The molecule has 0 aliphatic heterocycles. The molecule has 0 heterocycles. The predicted molar refractivity (Wildman–Crippen MR) is 54.9 cm³/mol. The number of carbonyl (C=O) groups is 1. The van der Waals surface area contributed by atoms with E-state index in [1.165, 1.54) is 0 Å². The zero-order valence-corrected chi connectivity index (χ0v) is 9.40. The molecule has 0 spiro atoms. The highest BCUT2D eigenvalue weighted by Gasteiger charge is 2.09. The van der Waals surface area contributed by atoms with Gasteiger partial charge in [-0.1, -0.05) is 6.92 Å². The van der Waals surface area contributed by atoms with Gasteiger partial charge in [-0.15, -0.1) is 0 Å². The summed E-state index contributed by atoms with van der Waals surface area (Å²) in [6.07, 6.45) is 0.535. The van der Waals surface area contributed by atoms with Gasteiger partial charge < -0.3 is 19.3 Å². The van der Waals surface area contributed by atoms with E-state index in [4.69, 9.17) is 19.3 Å². The molecule has 0 aromatic rings. The largest absolute Gasteiger partial charge is 0.481 e. The van der Waals surface area contributed by atoms with Crippen molar-refractivity contribution in [2.45, 2.75) is 13.3 Å². The van der Waals surface area contributed by atoms with Crippen LogP contribution in [-0.4, -0.2) is 51.2 Å². The maximum atomic E-state index is 10.4. The summed E-state index contributed by atoms with van der Waals surface area (Å²) in [7, 11) is 1.62. The number of aliphatic carboxylic acids is 1. The Morgan fingerprint density at radius 3 is 2.20 bits per heavy atom. The van der Waals surface area contributed by atoms with Crippen molar-refractivity contribution in [2.24, 2.45) is 5.92 Å². The molecule has 0 rings (SSSR count). The SMILES string of the molecule is COCCOCCOCCC(C)C(=O)O. The Bertz CT molecular complexity index is 160. The molecule has 1 N–H and O–H groups in total. The minimum atomic E-state index is -0.782. The number of rotatable bonds is 10. The fraction of sp³-hybridized carbons (Fsp3) is 0.900. The third-order valence-electron chi connectivity index (χ3n) is 1.92. The molecule has 0 amide bonds. The van der Waals surface area contributed by atoms with E-state index in [0.717, 1.165) is 0 Å². The third kappa shape index (κ3) is 9.65. The van der Waals surface area contributed by atoms with Gasteiger partial charge in [-0.3, -0.25) is 4.79 Å². The van der Waals surface area contributed by atoms with Gasteiger partial charge in [0.2, 0.25) is 0 Å². The smallest absolute Gasteiger partial charge is 0.306 e. The van der Waals surface area contributed by atoms with Crippen LogP contribution < -0.4 is 0 Å². The van der Waals surface area contributed by atoms with Crippen molar-refractivity contribution in [1.82, 2.24) is 0 Å². The second kappa shape index (κ2) is 9.89. The lowest BCUT2D eigenvalue weighted by atomic mass is 10.1. The van der Waals surface area contributed by atoms with Gasteiger partial charge in [0.25, 0.3) is 0 Å². The Kier molecular flexibility index (Phi) is 9.46. The Morgan fingerprint density at radius 1 is 1.13 bits per heavy atom. The molecule has 1 unspecified atom stereocenters. The summed E-state index contributed by atoms with van der Waals surface area (Å²) in [6, 6.07) is 0. The van der Waals surface area contributed by atoms with Gasteiger partial charge in [-0.2, -0.15) is 0 Å². The van der Waals surface area contributed by atoms with Crippen molar-refractivity contribution in [2.75, 3.05) is 40.1 Å². The molecule has 5 nitrogen and oxygen atoms in total. The minimum absolute atomic E-state index is 0.348. The molecule has 0 aliphatic carbocycles. The quantitative estimate of drug-likeness (QED) is 0.551. The maximum absolute atomic E-state index is 10.4. The summed E-state index contributed by atoms with van der Waals surface area (Å²) in [5.74, 6) is -1.13. The molecular formula is C10H20O5. The van der Waals surface area contributed by atoms with Crippen LogP contribution in [0.15, 0.2) is 0 Å². The van der Waals surface area contributed by atoms with Crippen LogP contribution in [0, 0.1) is 5.92 Å². The Morgan fingerprint density at radius 2 is 1.67 bits per heavy atom.